The smallest absolute Gasteiger partial charge is 0.338 e. The second kappa shape index (κ2) is 12.1. The summed E-state index contributed by atoms with van der Waals surface area (Å²) in [5, 5.41) is 13.1. The molecule has 44 heavy (non-hydrogen) atoms. The van der Waals surface area contributed by atoms with Gasteiger partial charge in [-0.1, -0.05) is 57.2 Å². The monoisotopic (exact) mass is 693 g/mol. The molecule has 6 rings (SSSR count). The summed E-state index contributed by atoms with van der Waals surface area (Å²) in [6.07, 6.45) is 0. The van der Waals surface area contributed by atoms with Crippen molar-refractivity contribution in [2.45, 2.75) is 29.7 Å². The number of benzene rings is 3. The van der Waals surface area contributed by atoms with Crippen molar-refractivity contribution in [1.29, 1.82) is 0 Å². The standard InChI is InChI=1S/C31H24BrN3O7S2/c1-2-42-30(40)16-7-11-18(12-8-16)33-22(37)15-34-29-26(44-31(34)41)23(20-5-3-4-6-21(20)36)24-25(43-29)28(39)35(27(24)38)19-13-9-17(32)10-14-19/h3-14,23-25,36H,2,15H2,1H3,(H,33,37). The van der Waals surface area contributed by atoms with Gasteiger partial charge in [-0.15, -0.1) is 0 Å². The van der Waals surface area contributed by atoms with Crippen molar-refractivity contribution >= 4 is 74.1 Å². The average Bonchev–Trinajstić information content (AvgIpc) is 3.45. The Morgan fingerprint density at radius 2 is 1.68 bits per heavy atom. The Morgan fingerprint density at radius 3 is 2.36 bits per heavy atom. The van der Waals surface area contributed by atoms with Gasteiger partial charge in [-0.2, -0.15) is 0 Å². The summed E-state index contributed by atoms with van der Waals surface area (Å²) in [7, 11) is 0. The van der Waals surface area contributed by atoms with Crippen LogP contribution in [0.3, 0.4) is 0 Å². The van der Waals surface area contributed by atoms with E-state index in [1.807, 2.05) is 0 Å². The number of thioether (sulfide) groups is 1. The number of hydrogen-bond donors (Lipinski definition) is 2. The number of hydrogen-bond acceptors (Lipinski definition) is 9. The molecule has 0 bridgehead atoms. The molecular weight excluding hydrogens is 670 g/mol. The number of aromatic nitrogens is 1. The molecule has 2 aliphatic heterocycles. The molecule has 0 saturated carbocycles. The van der Waals surface area contributed by atoms with E-state index >= 15 is 0 Å². The third kappa shape index (κ3) is 5.35. The third-order valence-corrected chi connectivity index (χ3v) is 10.5. The predicted octanol–water partition coefficient (Wildman–Crippen LogP) is 4.99. The molecule has 0 spiro atoms. The van der Waals surface area contributed by atoms with Crippen LogP contribution in [0, 0.1) is 5.92 Å². The topological polar surface area (TPSA) is 135 Å². The highest BCUT2D eigenvalue weighted by molar-refractivity contribution is 9.10. The zero-order valence-electron chi connectivity index (χ0n) is 23.1. The fourth-order valence-corrected chi connectivity index (χ4v) is 8.46. The number of phenolic OH excluding ortho intramolecular Hbond substituents is 1. The minimum absolute atomic E-state index is 0.0622. The first kappa shape index (κ1) is 29.9. The van der Waals surface area contributed by atoms with Gasteiger partial charge >= 0.3 is 10.8 Å². The zero-order chi connectivity index (χ0) is 31.1. The molecule has 1 saturated heterocycles. The molecule has 3 heterocycles. The highest BCUT2D eigenvalue weighted by Gasteiger charge is 2.57. The van der Waals surface area contributed by atoms with Crippen LogP contribution in [0.5, 0.6) is 5.75 Å². The molecule has 1 fully saturated rings. The van der Waals surface area contributed by atoms with Gasteiger partial charge in [-0.25, -0.2) is 9.69 Å². The fraction of sp³-hybridized carbons (Fsp3) is 0.194. The minimum Gasteiger partial charge on any atom is -0.508 e. The quantitative estimate of drug-likeness (QED) is 0.204. The van der Waals surface area contributed by atoms with Gasteiger partial charge in [-0.3, -0.25) is 23.7 Å². The number of halogens is 1. The first-order chi connectivity index (χ1) is 21.2. The summed E-state index contributed by atoms with van der Waals surface area (Å²) in [5.74, 6) is -3.56. The maximum absolute atomic E-state index is 13.9. The second-order valence-electron chi connectivity index (χ2n) is 10.1. The van der Waals surface area contributed by atoms with Gasteiger partial charge in [0.2, 0.25) is 17.7 Å². The number of nitrogens with zero attached hydrogens (tertiary/aromatic N) is 2. The number of phenols is 1. The number of para-hydroxylation sites is 1. The Hall–Kier alpha value is -4.20. The summed E-state index contributed by atoms with van der Waals surface area (Å²) in [6.45, 7) is 1.60. The van der Waals surface area contributed by atoms with Gasteiger partial charge in [-0.05, 0) is 61.5 Å². The van der Waals surface area contributed by atoms with Crippen molar-refractivity contribution in [3.8, 4) is 5.75 Å². The van der Waals surface area contributed by atoms with Crippen molar-refractivity contribution in [3.05, 3.63) is 103 Å². The van der Waals surface area contributed by atoms with Crippen LogP contribution >= 0.6 is 39.0 Å². The molecule has 224 valence electrons. The second-order valence-corrected chi connectivity index (χ2v) is 13.1. The van der Waals surface area contributed by atoms with Crippen LogP contribution in [0.15, 0.2) is 87.1 Å². The number of thiazole rings is 1. The van der Waals surface area contributed by atoms with Crippen molar-refractivity contribution in [2.75, 3.05) is 16.8 Å². The number of aromatic hydroxyl groups is 1. The van der Waals surface area contributed by atoms with Crippen LogP contribution in [0.1, 0.15) is 33.6 Å². The Morgan fingerprint density at radius 1 is 0.977 bits per heavy atom. The Labute approximate surface area is 267 Å². The van der Waals surface area contributed by atoms with E-state index in [9.17, 15) is 29.1 Å². The number of anilines is 2. The number of esters is 1. The number of amides is 3. The highest BCUT2D eigenvalue weighted by Crippen LogP contribution is 2.55. The molecule has 0 aliphatic carbocycles. The number of rotatable bonds is 7. The van der Waals surface area contributed by atoms with E-state index in [2.05, 4.69) is 21.2 Å². The Balaban J connectivity index is 1.34. The molecular formula is C31H24BrN3O7S2. The van der Waals surface area contributed by atoms with Crippen LogP contribution in [0.25, 0.3) is 0 Å². The minimum atomic E-state index is -0.887. The SMILES string of the molecule is CCOC(=O)c1ccc(NC(=O)Cn2c3c(sc2=O)C(c2ccccc2O)C2C(=O)N(c4ccc(Br)cc4)C(=O)C2S3)cc1. The maximum atomic E-state index is 13.9. The van der Waals surface area contributed by atoms with E-state index in [-0.39, 0.29) is 18.9 Å². The van der Waals surface area contributed by atoms with E-state index in [0.29, 0.717) is 32.4 Å². The molecule has 1 aromatic heterocycles. The largest absolute Gasteiger partial charge is 0.508 e. The molecule has 13 heteroatoms. The molecule has 2 N–H and O–H groups in total. The van der Waals surface area contributed by atoms with E-state index in [4.69, 9.17) is 4.74 Å². The van der Waals surface area contributed by atoms with Crippen molar-refractivity contribution in [1.82, 2.24) is 4.57 Å². The number of nitrogens with one attached hydrogen (secondary N) is 1. The zero-order valence-corrected chi connectivity index (χ0v) is 26.3. The first-order valence-corrected chi connectivity index (χ1v) is 16.0. The molecule has 3 amide bonds. The Kier molecular flexibility index (Phi) is 8.18. The van der Waals surface area contributed by atoms with Gasteiger partial charge in [0, 0.05) is 26.5 Å². The van der Waals surface area contributed by atoms with Crippen LogP contribution in [0.4, 0.5) is 11.4 Å². The normalized spacial score (nSPS) is 19.0. The molecule has 3 unspecified atom stereocenters. The lowest BCUT2D eigenvalue weighted by Gasteiger charge is -2.31. The summed E-state index contributed by atoms with van der Waals surface area (Å²) in [5.41, 5.74) is 1.59. The van der Waals surface area contributed by atoms with Crippen molar-refractivity contribution in [3.63, 3.8) is 0 Å². The first-order valence-electron chi connectivity index (χ1n) is 13.6. The fourth-order valence-electron chi connectivity index (χ4n) is 5.43. The molecule has 10 nitrogen and oxygen atoms in total. The van der Waals surface area contributed by atoms with Crippen LogP contribution in [-0.2, 0) is 25.7 Å². The van der Waals surface area contributed by atoms with Gasteiger partial charge in [0.05, 0.1) is 28.8 Å². The van der Waals surface area contributed by atoms with Crippen molar-refractivity contribution < 1.29 is 29.0 Å². The van der Waals surface area contributed by atoms with Gasteiger partial charge in [0.25, 0.3) is 0 Å². The van der Waals surface area contributed by atoms with Crippen LogP contribution in [0.2, 0.25) is 0 Å². The lowest BCUT2D eigenvalue weighted by molar-refractivity contribution is -0.122. The van der Waals surface area contributed by atoms with E-state index in [1.165, 1.54) is 22.8 Å². The molecule has 3 aromatic carbocycles. The lowest BCUT2D eigenvalue weighted by Crippen LogP contribution is -2.33. The number of carbonyl (C=O) groups excluding carboxylic acids is 4. The number of fused-ring (bicyclic) bond motifs is 2. The predicted molar refractivity (Wildman–Crippen MR) is 169 cm³/mol. The van der Waals surface area contributed by atoms with Crippen LogP contribution < -0.4 is 15.1 Å². The maximum Gasteiger partial charge on any atom is 0.338 e. The lowest BCUT2D eigenvalue weighted by atomic mass is 9.82. The van der Waals surface area contributed by atoms with E-state index in [0.717, 1.165) is 32.5 Å². The van der Waals surface area contributed by atoms with Crippen molar-refractivity contribution in [2.24, 2.45) is 5.92 Å². The third-order valence-electron chi connectivity index (χ3n) is 7.39. The number of imide groups is 1. The number of carbonyl (C=O) groups is 4. The summed E-state index contributed by atoms with van der Waals surface area (Å²) in [4.78, 5) is 67.4. The van der Waals surface area contributed by atoms with E-state index < -0.39 is 45.6 Å². The molecule has 3 atom stereocenters. The van der Waals surface area contributed by atoms with E-state index in [1.54, 1.807) is 61.5 Å². The summed E-state index contributed by atoms with van der Waals surface area (Å²) >= 11 is 5.36. The summed E-state index contributed by atoms with van der Waals surface area (Å²) < 4.78 is 7.07. The Bertz CT molecular complexity index is 1850. The summed E-state index contributed by atoms with van der Waals surface area (Å²) in [6, 6.07) is 19.5. The average molecular weight is 695 g/mol. The van der Waals surface area contributed by atoms with Gasteiger partial charge in [0.15, 0.2) is 0 Å². The van der Waals surface area contributed by atoms with Gasteiger partial charge < -0.3 is 15.2 Å². The molecule has 4 aromatic rings. The van der Waals surface area contributed by atoms with Crippen LogP contribution in [-0.4, -0.2) is 45.2 Å². The van der Waals surface area contributed by atoms with Gasteiger partial charge in [0.1, 0.15) is 17.5 Å². The highest BCUT2D eigenvalue weighted by atomic mass is 79.9. The molecule has 2 aliphatic rings. The molecule has 0 radical (unpaired) electrons. The number of ether oxygens (including phenoxy) is 1.